The Morgan fingerprint density at radius 3 is 2.58 bits per heavy atom. The van der Waals surface area contributed by atoms with Gasteiger partial charge in [-0.2, -0.15) is 0 Å². The maximum absolute atomic E-state index is 12.9. The first-order valence-electron chi connectivity index (χ1n) is 8.60. The van der Waals surface area contributed by atoms with Crippen molar-refractivity contribution in [3.05, 3.63) is 59.9 Å². The predicted octanol–water partition coefficient (Wildman–Crippen LogP) is 3.95. The Labute approximate surface area is 143 Å². The number of halogens is 1. The van der Waals surface area contributed by atoms with Crippen LogP contribution in [0.4, 0.5) is 10.1 Å². The third kappa shape index (κ3) is 4.71. The number of benzene rings is 2. The maximum atomic E-state index is 12.9. The first-order chi connectivity index (χ1) is 11.7. The minimum atomic E-state index is -0.164. The molecule has 0 bridgehead atoms. The van der Waals surface area contributed by atoms with E-state index >= 15 is 0 Å². The monoisotopic (exact) mass is 328 g/mol. The molecule has 2 aromatic rings. The van der Waals surface area contributed by atoms with Crippen LogP contribution >= 0.6 is 0 Å². The Hall–Kier alpha value is -2.07. The van der Waals surface area contributed by atoms with Gasteiger partial charge < -0.3 is 15.0 Å². The lowest BCUT2D eigenvalue weighted by molar-refractivity contribution is 0.221. The van der Waals surface area contributed by atoms with E-state index in [1.807, 2.05) is 30.3 Å². The van der Waals surface area contributed by atoms with Crippen LogP contribution < -0.4 is 10.1 Å². The summed E-state index contributed by atoms with van der Waals surface area (Å²) in [5.41, 5.74) is 2.33. The molecule has 0 unspecified atom stereocenters. The van der Waals surface area contributed by atoms with Crippen molar-refractivity contribution < 1.29 is 9.13 Å². The Bertz CT molecular complexity index is 636. The molecule has 0 aliphatic carbocycles. The highest BCUT2D eigenvalue weighted by molar-refractivity contribution is 5.48. The topological polar surface area (TPSA) is 24.5 Å². The third-order valence-corrected chi connectivity index (χ3v) is 4.66. The summed E-state index contributed by atoms with van der Waals surface area (Å²) in [4.78, 5) is 2.49. The van der Waals surface area contributed by atoms with Crippen LogP contribution in [0.3, 0.4) is 0 Å². The van der Waals surface area contributed by atoms with E-state index in [-0.39, 0.29) is 5.82 Å². The summed E-state index contributed by atoms with van der Waals surface area (Å²) in [5.74, 6) is 0.722. The molecule has 0 spiro atoms. The number of likely N-dealkylation sites (tertiary alicyclic amines) is 1. The van der Waals surface area contributed by atoms with Crippen molar-refractivity contribution in [1.82, 2.24) is 4.90 Å². The van der Waals surface area contributed by atoms with Crippen LogP contribution in [-0.2, 0) is 6.42 Å². The summed E-state index contributed by atoms with van der Waals surface area (Å²) < 4.78 is 18.2. The minimum absolute atomic E-state index is 0.164. The molecule has 0 amide bonds. The lowest BCUT2D eigenvalue weighted by Gasteiger charge is -2.33. The number of methoxy groups -OCH3 is 1. The molecule has 1 N–H and O–H groups in total. The zero-order valence-corrected chi connectivity index (χ0v) is 14.2. The quantitative estimate of drug-likeness (QED) is 0.869. The van der Waals surface area contributed by atoms with Crippen molar-refractivity contribution in [1.29, 1.82) is 0 Å². The first-order valence-corrected chi connectivity index (χ1v) is 8.60. The Morgan fingerprint density at radius 2 is 1.88 bits per heavy atom. The zero-order chi connectivity index (χ0) is 16.8. The summed E-state index contributed by atoms with van der Waals surface area (Å²) in [6.45, 7) is 3.24. The second-order valence-electron chi connectivity index (χ2n) is 6.37. The van der Waals surface area contributed by atoms with Crippen LogP contribution in [0.15, 0.2) is 48.5 Å². The van der Waals surface area contributed by atoms with E-state index in [1.165, 1.54) is 5.56 Å². The third-order valence-electron chi connectivity index (χ3n) is 4.66. The number of anilines is 1. The molecular weight excluding hydrogens is 303 g/mol. The van der Waals surface area contributed by atoms with Gasteiger partial charge in [-0.05, 0) is 49.1 Å². The van der Waals surface area contributed by atoms with Gasteiger partial charge in [0.1, 0.15) is 11.6 Å². The number of rotatable bonds is 6. The van der Waals surface area contributed by atoms with Crippen LogP contribution in [0.25, 0.3) is 0 Å². The highest BCUT2D eigenvalue weighted by atomic mass is 19.1. The molecule has 1 aliphatic rings. The second kappa shape index (κ2) is 8.15. The van der Waals surface area contributed by atoms with Gasteiger partial charge in [0.05, 0.1) is 7.11 Å². The van der Waals surface area contributed by atoms with Crippen molar-refractivity contribution >= 4 is 5.69 Å². The summed E-state index contributed by atoms with van der Waals surface area (Å²) in [6, 6.07) is 15.5. The zero-order valence-electron chi connectivity index (χ0n) is 14.2. The molecule has 0 aromatic heterocycles. The molecule has 3 rings (SSSR count). The van der Waals surface area contributed by atoms with E-state index in [2.05, 4.69) is 16.3 Å². The van der Waals surface area contributed by atoms with Crippen LogP contribution in [0.2, 0.25) is 0 Å². The van der Waals surface area contributed by atoms with E-state index in [4.69, 9.17) is 4.74 Å². The minimum Gasteiger partial charge on any atom is -0.497 e. The van der Waals surface area contributed by atoms with Crippen molar-refractivity contribution in [2.75, 3.05) is 32.1 Å². The normalized spacial score (nSPS) is 16.1. The summed E-state index contributed by atoms with van der Waals surface area (Å²) in [6.07, 6.45) is 3.26. The highest BCUT2D eigenvalue weighted by Gasteiger charge is 2.18. The maximum Gasteiger partial charge on any atom is 0.123 e. The van der Waals surface area contributed by atoms with Gasteiger partial charge >= 0.3 is 0 Å². The lowest BCUT2D eigenvalue weighted by atomic mass is 10.0. The second-order valence-corrected chi connectivity index (χ2v) is 6.37. The van der Waals surface area contributed by atoms with Gasteiger partial charge in [0, 0.05) is 37.4 Å². The van der Waals surface area contributed by atoms with E-state index in [9.17, 15) is 4.39 Å². The van der Waals surface area contributed by atoms with Gasteiger partial charge in [0.15, 0.2) is 0 Å². The Morgan fingerprint density at radius 1 is 1.12 bits per heavy atom. The fraction of sp³-hybridized carbons (Fsp3) is 0.400. The number of hydrogen-bond acceptors (Lipinski definition) is 3. The van der Waals surface area contributed by atoms with Crippen molar-refractivity contribution in [2.45, 2.75) is 25.3 Å². The average Bonchev–Trinajstić information content (AvgIpc) is 2.63. The molecule has 0 saturated carbocycles. The SMILES string of the molecule is COc1cccc(NC2CCN(CCc3ccc(F)cc3)CC2)c1. The van der Waals surface area contributed by atoms with E-state index < -0.39 is 0 Å². The molecule has 0 radical (unpaired) electrons. The summed E-state index contributed by atoms with van der Waals surface area (Å²) in [5, 5.41) is 3.61. The van der Waals surface area contributed by atoms with Crippen molar-refractivity contribution in [2.24, 2.45) is 0 Å². The number of nitrogens with one attached hydrogen (secondary N) is 1. The number of ether oxygens (including phenoxy) is 1. The van der Waals surface area contributed by atoms with Crippen molar-refractivity contribution in [3.63, 3.8) is 0 Å². The lowest BCUT2D eigenvalue weighted by Crippen LogP contribution is -2.40. The fourth-order valence-electron chi connectivity index (χ4n) is 3.19. The number of piperidine rings is 1. The molecular formula is C20H25FN2O. The van der Waals surface area contributed by atoms with Crippen LogP contribution in [0.5, 0.6) is 5.75 Å². The number of nitrogens with zero attached hydrogens (tertiary/aromatic N) is 1. The predicted molar refractivity (Wildman–Crippen MR) is 96.2 cm³/mol. The van der Waals surface area contributed by atoms with Gasteiger partial charge in [-0.15, -0.1) is 0 Å². The molecule has 4 heteroatoms. The molecule has 1 saturated heterocycles. The Balaban J connectivity index is 1.42. The van der Waals surface area contributed by atoms with Gasteiger partial charge in [0.2, 0.25) is 0 Å². The molecule has 1 fully saturated rings. The van der Waals surface area contributed by atoms with E-state index in [1.54, 1.807) is 19.2 Å². The first kappa shape index (κ1) is 16.8. The molecule has 1 heterocycles. The van der Waals surface area contributed by atoms with Crippen LogP contribution in [0, 0.1) is 5.82 Å². The van der Waals surface area contributed by atoms with Crippen molar-refractivity contribution in [3.8, 4) is 5.75 Å². The summed E-state index contributed by atoms with van der Waals surface area (Å²) in [7, 11) is 1.69. The smallest absolute Gasteiger partial charge is 0.123 e. The van der Waals surface area contributed by atoms with E-state index in [0.29, 0.717) is 6.04 Å². The van der Waals surface area contributed by atoms with Gasteiger partial charge in [0.25, 0.3) is 0 Å². The largest absolute Gasteiger partial charge is 0.497 e. The fourth-order valence-corrected chi connectivity index (χ4v) is 3.19. The standard InChI is InChI=1S/C20H25FN2O/c1-24-20-4-2-3-19(15-20)22-18-10-13-23(14-11-18)12-9-16-5-7-17(21)8-6-16/h2-8,15,18,22H,9-14H2,1H3. The van der Waals surface area contributed by atoms with Gasteiger partial charge in [-0.1, -0.05) is 18.2 Å². The molecule has 24 heavy (non-hydrogen) atoms. The molecule has 1 aliphatic heterocycles. The van der Waals surface area contributed by atoms with Gasteiger partial charge in [-0.25, -0.2) is 4.39 Å². The Kier molecular flexibility index (Phi) is 5.70. The van der Waals surface area contributed by atoms with Gasteiger partial charge in [-0.3, -0.25) is 0 Å². The molecule has 3 nitrogen and oxygen atoms in total. The van der Waals surface area contributed by atoms with E-state index in [0.717, 1.165) is 50.3 Å². The van der Waals surface area contributed by atoms with Crippen LogP contribution in [0.1, 0.15) is 18.4 Å². The highest BCUT2D eigenvalue weighted by Crippen LogP contribution is 2.21. The summed E-state index contributed by atoms with van der Waals surface area (Å²) >= 11 is 0. The molecule has 2 aromatic carbocycles. The molecule has 0 atom stereocenters. The van der Waals surface area contributed by atoms with Crippen LogP contribution in [-0.4, -0.2) is 37.7 Å². The molecule has 128 valence electrons. The number of hydrogen-bond donors (Lipinski definition) is 1. The average molecular weight is 328 g/mol.